The first-order valence-electron chi connectivity index (χ1n) is 6.84. The largest absolute Gasteiger partial charge is 0.480 e. The Labute approximate surface area is 128 Å². The van der Waals surface area contributed by atoms with Gasteiger partial charge in [0.1, 0.15) is 10.8 Å². The van der Waals surface area contributed by atoms with Crippen LogP contribution in [0.1, 0.15) is 29.5 Å². The summed E-state index contributed by atoms with van der Waals surface area (Å²) in [5, 5.41) is 11.8. The Balaban J connectivity index is 2.08. The smallest absolute Gasteiger partial charge is 0.267 e. The molecule has 112 valence electrons. The number of carbonyl (C=O) groups excluding carboxylic acids is 1. The summed E-state index contributed by atoms with van der Waals surface area (Å²) in [6.45, 7) is 7.73. The van der Waals surface area contributed by atoms with Gasteiger partial charge in [-0.05, 0) is 44.4 Å². The first-order valence-corrected chi connectivity index (χ1v) is 7.66. The lowest BCUT2D eigenvalue weighted by atomic mass is 10.1. The summed E-state index contributed by atoms with van der Waals surface area (Å²) >= 11 is 1.35. The Hall–Kier alpha value is -1.95. The van der Waals surface area contributed by atoms with Gasteiger partial charge in [-0.15, -0.1) is 10.2 Å². The summed E-state index contributed by atoms with van der Waals surface area (Å²) in [6.07, 6.45) is 0.0338. The molecule has 0 aliphatic heterocycles. The number of anilines is 1. The summed E-state index contributed by atoms with van der Waals surface area (Å²) in [5.74, 6) is 0.542. The minimum Gasteiger partial charge on any atom is -0.480 e. The number of aryl methyl sites for hydroxylation is 3. The van der Waals surface area contributed by atoms with Crippen LogP contribution in [0.15, 0.2) is 18.2 Å². The fraction of sp³-hybridized carbons (Fsp3) is 0.400. The van der Waals surface area contributed by atoms with E-state index in [1.807, 2.05) is 45.9 Å². The molecule has 0 unspecified atom stereocenters. The van der Waals surface area contributed by atoms with Crippen LogP contribution in [0.3, 0.4) is 0 Å². The molecule has 0 fully saturated rings. The van der Waals surface area contributed by atoms with Gasteiger partial charge in [0.25, 0.3) is 5.91 Å². The Morgan fingerprint density at radius 2 is 2.10 bits per heavy atom. The molecule has 1 amide bonds. The Kier molecular flexibility index (Phi) is 4.90. The van der Waals surface area contributed by atoms with E-state index in [-0.39, 0.29) is 5.91 Å². The van der Waals surface area contributed by atoms with Crippen LogP contribution in [-0.4, -0.2) is 22.2 Å². The number of benzene rings is 1. The molecule has 1 heterocycles. The minimum absolute atomic E-state index is 0.199. The third-order valence-corrected chi connectivity index (χ3v) is 3.79. The number of ether oxygens (including phenoxy) is 1. The highest BCUT2D eigenvalue weighted by molar-refractivity contribution is 7.15. The fourth-order valence-corrected chi connectivity index (χ4v) is 2.44. The van der Waals surface area contributed by atoms with E-state index in [1.54, 1.807) is 0 Å². The zero-order valence-corrected chi connectivity index (χ0v) is 13.5. The van der Waals surface area contributed by atoms with E-state index in [0.717, 1.165) is 21.9 Å². The second-order valence-electron chi connectivity index (χ2n) is 4.90. The normalized spacial score (nSPS) is 12.0. The summed E-state index contributed by atoms with van der Waals surface area (Å²) in [7, 11) is 0. The van der Waals surface area contributed by atoms with Crippen molar-refractivity contribution in [2.24, 2.45) is 0 Å². The molecule has 6 heteroatoms. The summed E-state index contributed by atoms with van der Waals surface area (Å²) < 4.78 is 5.86. The predicted molar refractivity (Wildman–Crippen MR) is 83.9 cm³/mol. The predicted octanol–water partition coefficient (Wildman–Crippen LogP) is 3.26. The SMILES string of the molecule is CC[C@H](Oc1cc(C)ccc1C)C(=O)Nc1nnc(C)s1. The minimum atomic E-state index is -0.547. The van der Waals surface area contributed by atoms with E-state index in [4.69, 9.17) is 4.74 Å². The highest BCUT2D eigenvalue weighted by Crippen LogP contribution is 2.22. The molecule has 0 bridgehead atoms. The molecule has 1 aromatic heterocycles. The van der Waals surface area contributed by atoms with Crippen molar-refractivity contribution >= 4 is 22.4 Å². The van der Waals surface area contributed by atoms with Gasteiger partial charge in [-0.3, -0.25) is 10.1 Å². The average molecular weight is 305 g/mol. The Bertz CT molecular complexity index is 640. The first kappa shape index (κ1) is 15.4. The van der Waals surface area contributed by atoms with Gasteiger partial charge in [-0.2, -0.15) is 0 Å². The molecule has 2 rings (SSSR count). The van der Waals surface area contributed by atoms with E-state index >= 15 is 0 Å². The maximum atomic E-state index is 12.3. The van der Waals surface area contributed by atoms with Gasteiger partial charge in [-0.25, -0.2) is 0 Å². The van der Waals surface area contributed by atoms with Crippen molar-refractivity contribution in [1.82, 2.24) is 10.2 Å². The van der Waals surface area contributed by atoms with Crippen LogP contribution >= 0.6 is 11.3 Å². The standard InChI is InChI=1S/C15H19N3O2S/c1-5-12(14(19)16-15-18-17-11(4)21-15)20-13-8-9(2)6-7-10(13)3/h6-8,12H,5H2,1-4H3,(H,16,18,19)/t12-/m0/s1. The molecule has 5 nitrogen and oxygen atoms in total. The van der Waals surface area contributed by atoms with E-state index in [0.29, 0.717) is 11.6 Å². The van der Waals surface area contributed by atoms with Gasteiger partial charge in [-0.1, -0.05) is 30.4 Å². The molecule has 0 saturated carbocycles. The molecule has 2 aromatic rings. The average Bonchev–Trinajstić information content (AvgIpc) is 2.84. The Morgan fingerprint density at radius 3 is 2.71 bits per heavy atom. The van der Waals surface area contributed by atoms with Crippen molar-refractivity contribution in [1.29, 1.82) is 0 Å². The molecule has 1 N–H and O–H groups in total. The number of hydrogen-bond acceptors (Lipinski definition) is 5. The topological polar surface area (TPSA) is 64.1 Å². The highest BCUT2D eigenvalue weighted by atomic mass is 32.1. The molecule has 0 aliphatic carbocycles. The third-order valence-electron chi connectivity index (χ3n) is 3.03. The molecule has 1 atom stereocenters. The molecule has 0 spiro atoms. The van der Waals surface area contributed by atoms with E-state index in [2.05, 4.69) is 15.5 Å². The van der Waals surface area contributed by atoms with Gasteiger partial charge in [0.05, 0.1) is 0 Å². The second kappa shape index (κ2) is 6.67. The number of aromatic nitrogens is 2. The van der Waals surface area contributed by atoms with Crippen molar-refractivity contribution in [3.05, 3.63) is 34.3 Å². The molecule has 21 heavy (non-hydrogen) atoms. The zero-order valence-electron chi connectivity index (χ0n) is 12.6. The van der Waals surface area contributed by atoms with E-state index in [1.165, 1.54) is 11.3 Å². The number of carbonyl (C=O) groups is 1. The summed E-state index contributed by atoms with van der Waals surface area (Å²) in [6, 6.07) is 5.96. The van der Waals surface area contributed by atoms with Gasteiger partial charge in [0, 0.05) is 0 Å². The molecule has 0 radical (unpaired) electrons. The van der Waals surface area contributed by atoms with Gasteiger partial charge < -0.3 is 4.74 Å². The van der Waals surface area contributed by atoms with E-state index in [9.17, 15) is 4.79 Å². The Morgan fingerprint density at radius 1 is 1.33 bits per heavy atom. The van der Waals surface area contributed by atoms with Crippen LogP contribution in [0.25, 0.3) is 0 Å². The van der Waals surface area contributed by atoms with Crippen molar-refractivity contribution in [3.63, 3.8) is 0 Å². The van der Waals surface area contributed by atoms with Crippen molar-refractivity contribution in [2.75, 3.05) is 5.32 Å². The maximum Gasteiger partial charge on any atom is 0.267 e. The third kappa shape index (κ3) is 4.01. The van der Waals surface area contributed by atoms with E-state index < -0.39 is 6.10 Å². The fourth-order valence-electron chi connectivity index (χ4n) is 1.84. The van der Waals surface area contributed by atoms with Gasteiger partial charge in [0.2, 0.25) is 5.13 Å². The van der Waals surface area contributed by atoms with Crippen LogP contribution in [-0.2, 0) is 4.79 Å². The lowest BCUT2D eigenvalue weighted by Crippen LogP contribution is -2.32. The zero-order chi connectivity index (χ0) is 15.4. The first-order chi connectivity index (χ1) is 9.99. The number of nitrogens with zero attached hydrogens (tertiary/aromatic N) is 2. The highest BCUT2D eigenvalue weighted by Gasteiger charge is 2.20. The van der Waals surface area contributed by atoms with Gasteiger partial charge in [0.15, 0.2) is 6.10 Å². The number of nitrogens with one attached hydrogen (secondary N) is 1. The van der Waals surface area contributed by atoms with Crippen molar-refractivity contribution in [2.45, 2.75) is 40.2 Å². The monoisotopic (exact) mass is 305 g/mol. The van der Waals surface area contributed by atoms with Crippen LogP contribution in [0.4, 0.5) is 5.13 Å². The molecule has 0 saturated heterocycles. The number of rotatable bonds is 5. The van der Waals surface area contributed by atoms with Crippen LogP contribution in [0.2, 0.25) is 0 Å². The van der Waals surface area contributed by atoms with Crippen LogP contribution in [0, 0.1) is 20.8 Å². The lowest BCUT2D eigenvalue weighted by Gasteiger charge is -2.18. The molecule has 1 aromatic carbocycles. The van der Waals surface area contributed by atoms with Crippen LogP contribution < -0.4 is 10.1 Å². The number of hydrogen-bond donors (Lipinski definition) is 1. The quantitative estimate of drug-likeness (QED) is 0.921. The van der Waals surface area contributed by atoms with Crippen molar-refractivity contribution < 1.29 is 9.53 Å². The van der Waals surface area contributed by atoms with Gasteiger partial charge >= 0.3 is 0 Å². The number of amides is 1. The van der Waals surface area contributed by atoms with Crippen LogP contribution in [0.5, 0.6) is 5.75 Å². The summed E-state index contributed by atoms with van der Waals surface area (Å²) in [4.78, 5) is 12.3. The maximum absolute atomic E-state index is 12.3. The molecular weight excluding hydrogens is 286 g/mol. The second-order valence-corrected chi connectivity index (χ2v) is 6.08. The summed E-state index contributed by atoms with van der Waals surface area (Å²) in [5.41, 5.74) is 2.12. The molecular formula is C15H19N3O2S. The lowest BCUT2D eigenvalue weighted by molar-refractivity contribution is -0.122. The molecule has 0 aliphatic rings. The van der Waals surface area contributed by atoms with Crippen molar-refractivity contribution in [3.8, 4) is 5.75 Å².